The van der Waals surface area contributed by atoms with E-state index in [-0.39, 0.29) is 5.56 Å². The molecule has 2 rings (SSSR count). The first-order valence-corrected chi connectivity index (χ1v) is 4.35. The average molecular weight is 203 g/mol. The number of aromatic amines is 1. The molecule has 2 aromatic rings. The van der Waals surface area contributed by atoms with Crippen LogP contribution < -0.4 is 5.32 Å². The van der Waals surface area contributed by atoms with E-state index in [9.17, 15) is 4.79 Å². The zero-order valence-corrected chi connectivity index (χ0v) is 7.77. The minimum absolute atomic E-state index is 0.253. The van der Waals surface area contributed by atoms with Gasteiger partial charge in [0.05, 0.1) is 17.4 Å². The molecule has 0 saturated heterocycles. The summed E-state index contributed by atoms with van der Waals surface area (Å²) in [6.45, 7) is 0. The largest absolute Gasteiger partial charge is 0.478 e. The number of nitrogens with one attached hydrogen (secondary N) is 2. The van der Waals surface area contributed by atoms with Crippen molar-refractivity contribution in [2.75, 3.05) is 5.32 Å². The highest BCUT2D eigenvalue weighted by molar-refractivity contribution is 5.89. The number of H-pyrrole nitrogens is 1. The Hall–Kier alpha value is -2.30. The van der Waals surface area contributed by atoms with Crippen molar-refractivity contribution < 1.29 is 9.90 Å². The Labute approximate surface area is 85.8 Å². The minimum Gasteiger partial charge on any atom is -0.478 e. The SMILES string of the molecule is O=C(O)c1cccc(Nc2cn[nH]c2)c1. The van der Waals surface area contributed by atoms with Crippen LogP contribution in [-0.2, 0) is 0 Å². The Morgan fingerprint density at radius 3 is 2.93 bits per heavy atom. The molecule has 0 unspecified atom stereocenters. The number of carbonyl (C=O) groups is 1. The number of aromatic nitrogens is 2. The molecule has 0 saturated carbocycles. The summed E-state index contributed by atoms with van der Waals surface area (Å²) < 4.78 is 0. The summed E-state index contributed by atoms with van der Waals surface area (Å²) in [5, 5.41) is 18.2. The van der Waals surface area contributed by atoms with Crippen molar-refractivity contribution >= 4 is 17.3 Å². The topological polar surface area (TPSA) is 78.0 Å². The fourth-order valence-electron chi connectivity index (χ4n) is 1.22. The van der Waals surface area contributed by atoms with Crippen molar-refractivity contribution in [3.8, 4) is 0 Å². The van der Waals surface area contributed by atoms with Crippen LogP contribution in [0.4, 0.5) is 11.4 Å². The fraction of sp³-hybridized carbons (Fsp3) is 0. The zero-order valence-electron chi connectivity index (χ0n) is 7.77. The lowest BCUT2D eigenvalue weighted by atomic mass is 10.2. The number of hydrogen-bond acceptors (Lipinski definition) is 3. The number of benzene rings is 1. The van der Waals surface area contributed by atoms with Crippen LogP contribution in [0.25, 0.3) is 0 Å². The van der Waals surface area contributed by atoms with Crippen molar-refractivity contribution in [1.29, 1.82) is 0 Å². The maximum Gasteiger partial charge on any atom is 0.335 e. The van der Waals surface area contributed by atoms with Gasteiger partial charge in [-0.05, 0) is 18.2 Å². The Balaban J connectivity index is 2.22. The smallest absolute Gasteiger partial charge is 0.335 e. The molecule has 5 nitrogen and oxygen atoms in total. The summed E-state index contributed by atoms with van der Waals surface area (Å²) in [5.41, 5.74) is 1.76. The summed E-state index contributed by atoms with van der Waals surface area (Å²) >= 11 is 0. The number of anilines is 2. The maximum atomic E-state index is 10.7. The van der Waals surface area contributed by atoms with Crippen molar-refractivity contribution in [3.63, 3.8) is 0 Å². The summed E-state index contributed by atoms with van der Waals surface area (Å²) in [4.78, 5) is 10.7. The first-order valence-electron chi connectivity index (χ1n) is 4.35. The monoisotopic (exact) mass is 203 g/mol. The van der Waals surface area contributed by atoms with Gasteiger partial charge in [-0.2, -0.15) is 5.10 Å². The molecule has 5 heteroatoms. The van der Waals surface area contributed by atoms with Gasteiger partial charge in [-0.3, -0.25) is 5.10 Å². The summed E-state index contributed by atoms with van der Waals surface area (Å²) in [6, 6.07) is 6.59. The number of carboxylic acid groups (broad SMARTS) is 1. The van der Waals surface area contributed by atoms with Crippen LogP contribution in [0.3, 0.4) is 0 Å². The Morgan fingerprint density at radius 2 is 2.27 bits per heavy atom. The van der Waals surface area contributed by atoms with E-state index < -0.39 is 5.97 Å². The predicted molar refractivity (Wildman–Crippen MR) is 55.3 cm³/mol. The summed E-state index contributed by atoms with van der Waals surface area (Å²) in [5.74, 6) is -0.939. The van der Waals surface area contributed by atoms with Crippen LogP contribution in [0.5, 0.6) is 0 Å². The van der Waals surface area contributed by atoms with Gasteiger partial charge in [-0.1, -0.05) is 6.07 Å². The van der Waals surface area contributed by atoms with Crippen LogP contribution in [-0.4, -0.2) is 21.3 Å². The number of carboxylic acids is 1. The molecule has 0 atom stereocenters. The number of aromatic carboxylic acids is 1. The second-order valence-electron chi connectivity index (χ2n) is 3.00. The maximum absolute atomic E-state index is 10.7. The quantitative estimate of drug-likeness (QED) is 0.711. The number of hydrogen-bond donors (Lipinski definition) is 3. The van der Waals surface area contributed by atoms with Gasteiger partial charge >= 0.3 is 5.97 Å². The minimum atomic E-state index is -0.939. The lowest BCUT2D eigenvalue weighted by Crippen LogP contribution is -1.97. The van der Waals surface area contributed by atoms with E-state index in [0.717, 1.165) is 11.4 Å². The lowest BCUT2D eigenvalue weighted by molar-refractivity contribution is 0.0697. The normalized spacial score (nSPS) is 9.87. The van der Waals surface area contributed by atoms with Gasteiger partial charge in [0.25, 0.3) is 0 Å². The molecule has 0 spiro atoms. The van der Waals surface area contributed by atoms with E-state index >= 15 is 0 Å². The van der Waals surface area contributed by atoms with E-state index in [1.165, 1.54) is 0 Å². The second-order valence-corrected chi connectivity index (χ2v) is 3.00. The molecule has 76 valence electrons. The first kappa shape index (κ1) is 9.26. The molecule has 0 aliphatic heterocycles. The summed E-state index contributed by atoms with van der Waals surface area (Å²) in [6.07, 6.45) is 3.31. The van der Waals surface area contributed by atoms with Gasteiger partial charge in [0.1, 0.15) is 0 Å². The van der Waals surface area contributed by atoms with Crippen molar-refractivity contribution in [2.45, 2.75) is 0 Å². The molecule has 1 aromatic heterocycles. The second kappa shape index (κ2) is 3.83. The molecule has 0 bridgehead atoms. The number of nitrogens with zero attached hydrogens (tertiary/aromatic N) is 1. The average Bonchev–Trinajstić information content (AvgIpc) is 2.71. The number of rotatable bonds is 3. The van der Waals surface area contributed by atoms with Gasteiger partial charge in [-0.25, -0.2) is 4.79 Å². The third kappa shape index (κ3) is 2.14. The van der Waals surface area contributed by atoms with Gasteiger partial charge < -0.3 is 10.4 Å². The third-order valence-electron chi connectivity index (χ3n) is 1.90. The van der Waals surface area contributed by atoms with E-state index in [1.807, 2.05) is 0 Å². The molecular weight excluding hydrogens is 194 g/mol. The van der Waals surface area contributed by atoms with Crippen LogP contribution in [0.2, 0.25) is 0 Å². The molecule has 0 fully saturated rings. The third-order valence-corrected chi connectivity index (χ3v) is 1.90. The molecule has 1 heterocycles. The van der Waals surface area contributed by atoms with E-state index in [1.54, 1.807) is 36.7 Å². The van der Waals surface area contributed by atoms with E-state index in [4.69, 9.17) is 5.11 Å². The van der Waals surface area contributed by atoms with Gasteiger partial charge in [-0.15, -0.1) is 0 Å². The van der Waals surface area contributed by atoms with Crippen LogP contribution >= 0.6 is 0 Å². The molecule has 3 N–H and O–H groups in total. The van der Waals surface area contributed by atoms with E-state index in [0.29, 0.717) is 0 Å². The van der Waals surface area contributed by atoms with Crippen LogP contribution in [0.1, 0.15) is 10.4 Å². The van der Waals surface area contributed by atoms with Crippen LogP contribution in [0, 0.1) is 0 Å². The Bertz CT molecular complexity index is 465. The van der Waals surface area contributed by atoms with Gasteiger partial charge in [0, 0.05) is 11.9 Å². The van der Waals surface area contributed by atoms with Crippen molar-refractivity contribution in [2.24, 2.45) is 0 Å². The van der Waals surface area contributed by atoms with Gasteiger partial charge in [0.2, 0.25) is 0 Å². The molecule has 0 amide bonds. The standard InChI is InChI=1S/C10H9N3O2/c14-10(15)7-2-1-3-8(4-7)13-9-5-11-12-6-9/h1-6,13H,(H,11,12)(H,14,15). The molecule has 0 aliphatic rings. The zero-order chi connectivity index (χ0) is 10.7. The Morgan fingerprint density at radius 1 is 1.40 bits per heavy atom. The highest BCUT2D eigenvalue weighted by Gasteiger charge is 2.03. The Kier molecular flexibility index (Phi) is 2.37. The highest BCUT2D eigenvalue weighted by atomic mass is 16.4. The van der Waals surface area contributed by atoms with Gasteiger partial charge in [0.15, 0.2) is 0 Å². The highest BCUT2D eigenvalue weighted by Crippen LogP contribution is 2.16. The molecular formula is C10H9N3O2. The van der Waals surface area contributed by atoms with E-state index in [2.05, 4.69) is 15.5 Å². The van der Waals surface area contributed by atoms with Crippen LogP contribution in [0.15, 0.2) is 36.7 Å². The van der Waals surface area contributed by atoms with Crippen molar-refractivity contribution in [1.82, 2.24) is 10.2 Å². The predicted octanol–water partition coefficient (Wildman–Crippen LogP) is 1.85. The molecule has 1 aromatic carbocycles. The molecule has 0 aliphatic carbocycles. The fourth-order valence-corrected chi connectivity index (χ4v) is 1.22. The molecule has 15 heavy (non-hydrogen) atoms. The lowest BCUT2D eigenvalue weighted by Gasteiger charge is -2.03. The first-order chi connectivity index (χ1) is 7.25. The molecule has 0 radical (unpaired) electrons. The summed E-state index contributed by atoms with van der Waals surface area (Å²) in [7, 11) is 0. The van der Waals surface area contributed by atoms with Crippen molar-refractivity contribution in [3.05, 3.63) is 42.2 Å².